The number of hydrogen-bond donors (Lipinski definition) is 0. The Morgan fingerprint density at radius 3 is 1.05 bits per heavy atom. The minimum absolute atomic E-state index is 0.000000000000000444. The van der Waals surface area contributed by atoms with Crippen molar-refractivity contribution in [3.63, 3.8) is 0 Å². The van der Waals surface area contributed by atoms with E-state index in [1.165, 1.54) is 169 Å². The molecule has 0 unspecified atom stereocenters. The van der Waals surface area contributed by atoms with Gasteiger partial charge in [0.25, 0.3) is 34.4 Å². The van der Waals surface area contributed by atoms with Gasteiger partial charge in [-0.2, -0.15) is 0 Å². The van der Waals surface area contributed by atoms with Gasteiger partial charge < -0.3 is 0 Å². The molecule has 13 rings (SSSR count). The molecule has 35 nitrogen and oxygen atoms in total. The van der Waals surface area contributed by atoms with E-state index in [1.54, 1.807) is 67.9 Å². The molecule has 0 amide bonds. The van der Waals surface area contributed by atoms with Crippen molar-refractivity contribution >= 4 is 234 Å². The Bertz CT molecular complexity index is 4700. The van der Waals surface area contributed by atoms with Crippen LogP contribution in [0.15, 0.2) is 258 Å². The first-order chi connectivity index (χ1) is 55.0. The number of ketones is 6. The fourth-order valence-corrected chi connectivity index (χ4v) is 6.37. The topological polar surface area (TPSA) is 486 Å². The second-order valence-corrected chi connectivity index (χ2v) is 39.1. The first-order valence-corrected chi connectivity index (χ1v) is 47.1. The van der Waals surface area contributed by atoms with Crippen molar-refractivity contribution in [1.29, 1.82) is 0 Å². The molecule has 10 aromatic rings. The van der Waals surface area contributed by atoms with E-state index in [4.69, 9.17) is 125 Å². The van der Waals surface area contributed by atoms with Crippen LogP contribution in [-0.4, -0.2) is 209 Å². The molecule has 0 N–H and O–H groups in total. The van der Waals surface area contributed by atoms with Crippen LogP contribution in [0.1, 0.15) is 110 Å². The number of amidine groups is 1. The van der Waals surface area contributed by atoms with Crippen LogP contribution in [0.5, 0.6) is 0 Å². The van der Waals surface area contributed by atoms with Crippen molar-refractivity contribution < 1.29 is 43.2 Å². The third-order valence-corrected chi connectivity index (χ3v) is 11.3. The van der Waals surface area contributed by atoms with Gasteiger partial charge in [-0.1, -0.05) is 16.6 Å². The van der Waals surface area contributed by atoms with E-state index in [2.05, 4.69) is 149 Å². The number of hydrogen-bond acceptors (Lipinski definition) is 35. The molecular formula is C65H46Al3Cl12N26O9+3. The van der Waals surface area contributed by atoms with Crippen molar-refractivity contribution in [1.82, 2.24) is 99.7 Å². The molecule has 580 valence electrons. The molecule has 13 heterocycles. The maximum Gasteiger partial charge on any atom is 0.643 e. The van der Waals surface area contributed by atoms with Crippen molar-refractivity contribution in [2.75, 3.05) is 0 Å². The molecule has 0 spiro atoms. The van der Waals surface area contributed by atoms with E-state index < -0.39 is 61.4 Å². The number of rotatable bonds is 13. The quantitative estimate of drug-likeness (QED) is 0.0448. The summed E-state index contributed by atoms with van der Waals surface area (Å²) in [6.07, 6.45) is 47.3. The van der Waals surface area contributed by atoms with Crippen molar-refractivity contribution in [2.24, 2.45) is 30.2 Å². The summed E-state index contributed by atoms with van der Waals surface area (Å²) in [6, 6.07) is 10.3. The molecule has 3 aliphatic heterocycles. The summed E-state index contributed by atoms with van der Waals surface area (Å²) in [5.74, 6) is -0.425. The van der Waals surface area contributed by atoms with Crippen LogP contribution < -0.4 is 0 Å². The predicted molar refractivity (Wildman–Crippen MR) is 436 cm³/mol. The van der Waals surface area contributed by atoms with E-state index in [9.17, 15) is 43.2 Å². The molecule has 115 heavy (non-hydrogen) atoms. The van der Waals surface area contributed by atoms with Gasteiger partial charge in [-0.3, -0.25) is 43.2 Å². The Kier molecular flexibility index (Phi) is 53.8. The van der Waals surface area contributed by atoms with Gasteiger partial charge in [0.05, 0.1) is 28.3 Å². The molecule has 0 radical (unpaired) electrons. The molecule has 0 saturated heterocycles. The second-order valence-electron chi connectivity index (χ2n) is 18.8. The van der Waals surface area contributed by atoms with E-state index in [0.29, 0.717) is 34.3 Å². The number of aliphatic imine (C=N–C) groups is 4. The maximum absolute atomic E-state index is 12.1. The highest BCUT2D eigenvalue weighted by Gasteiger charge is 2.23. The van der Waals surface area contributed by atoms with Crippen LogP contribution in [-0.2, 0) is 9.59 Å². The Morgan fingerprint density at radius 2 is 0.774 bits per heavy atom. The molecule has 0 fully saturated rings. The lowest BCUT2D eigenvalue weighted by Gasteiger charge is -2.01. The van der Waals surface area contributed by atoms with Gasteiger partial charge in [0.1, 0.15) is 43.2 Å². The number of Topliss-reactive ketones (excluding diaryl/α,β-unsaturated/α-hetero) is 3. The first kappa shape index (κ1) is 101. The van der Waals surface area contributed by atoms with Crippen molar-refractivity contribution in [2.45, 2.75) is 20.8 Å². The van der Waals surface area contributed by atoms with Crippen LogP contribution in [0.3, 0.4) is 0 Å². The number of carbonyl (C=O) groups is 9. The van der Waals surface area contributed by atoms with Gasteiger partial charge in [0.2, 0.25) is 52.3 Å². The summed E-state index contributed by atoms with van der Waals surface area (Å²) >= 11 is 9.93. The largest absolute Gasteiger partial charge is 0.643 e. The predicted octanol–water partition coefficient (Wildman–Crippen LogP) is 12.1. The highest BCUT2D eigenvalue weighted by Crippen LogP contribution is 2.16. The van der Waals surface area contributed by atoms with Crippen LogP contribution >= 0.6 is 125 Å². The average molecular weight is 1840 g/mol. The molecule has 3 aliphatic rings. The fourth-order valence-electron chi connectivity index (χ4n) is 6.08. The standard InChI is InChI=1S/C14H8N6O2.C9H6N4O.C9H5N4O.C7H8N2O.C7H7N2O.2C5H3ClN2O.C5H2ClN2O.C4H4N2.3Al.9ClH/c21-11(9-4-15-8-16-5-9)14-19-6-10(7-20-14)12(22)13-17-2-1-3-18-13;2*14-8(7-4-10-6-11-5-7)9-12-2-1-3-13-9;1-5(10)7-3-8-6(2)9-4-7;1-5-3-4-7(6(2)10)9-8-5;3*6-4(9)5-7-2-1-3-8-5;1-2-5-4-6-3-1;;;;;;;;;;;;/h1-8H;1-6H;1-5H;3-4H,1-2H3;3-4H,1H2,2H3;2*1-3H;1-2H;1-4H;;;;9*1H/q;;+1;;+1;;;+1;;3*+3;;;;;;;;;/p-9. The number of aromatic nitrogens is 20. The zero-order valence-electron chi connectivity index (χ0n) is 58.5. The highest BCUT2D eigenvalue weighted by molar-refractivity contribution is 7.55. The van der Waals surface area contributed by atoms with Crippen LogP contribution in [0.25, 0.3) is 0 Å². The zero-order chi connectivity index (χ0) is 85.1. The molecular weight excluding hydrogens is 1800 g/mol. The third kappa shape index (κ3) is 48.0. The Balaban J connectivity index is 0.000000439. The molecule has 50 heteroatoms. The smallest absolute Gasteiger partial charge is 0.294 e. The molecule has 0 aromatic carbocycles. The van der Waals surface area contributed by atoms with Gasteiger partial charge in [-0.15, -0.1) is 10.1 Å². The summed E-state index contributed by atoms with van der Waals surface area (Å²) in [5, 5.41) is 5.32. The number of aryl methyl sites for hydroxylation is 1. The number of azo groups is 1. The van der Waals surface area contributed by atoms with Crippen LogP contribution in [0, 0.1) is 13.0 Å². The van der Waals surface area contributed by atoms with Gasteiger partial charge in [0.15, 0.2) is 35.7 Å². The second kappa shape index (κ2) is 61.3. The Hall–Kier alpha value is -10.2. The average Bonchev–Trinajstić information content (AvgIpc) is 0.830. The third-order valence-electron chi connectivity index (χ3n) is 10.8. The summed E-state index contributed by atoms with van der Waals surface area (Å²) < 4.78 is 0. The lowest BCUT2D eigenvalue weighted by atomic mass is 10.2. The lowest BCUT2D eigenvalue weighted by Crippen LogP contribution is -2.11. The van der Waals surface area contributed by atoms with Gasteiger partial charge in [-0.05, 0) is 95.2 Å². The van der Waals surface area contributed by atoms with E-state index in [-0.39, 0.29) is 75.0 Å². The van der Waals surface area contributed by atoms with Gasteiger partial charge in [-0.25, -0.2) is 190 Å². The molecule has 0 atom stereocenters. The minimum Gasteiger partial charge on any atom is -0.294 e. The van der Waals surface area contributed by atoms with E-state index in [1.807, 2.05) is 0 Å². The van der Waals surface area contributed by atoms with Crippen molar-refractivity contribution in [3.8, 4) is 0 Å². The van der Waals surface area contributed by atoms with Crippen LogP contribution in [0.2, 0.25) is 0 Å². The Morgan fingerprint density at radius 1 is 0.426 bits per heavy atom. The fraction of sp³-hybridized carbons (Fsp3) is 0.0462. The zero-order valence-corrected chi connectivity index (χ0v) is 71.0. The van der Waals surface area contributed by atoms with Crippen LogP contribution in [0.4, 0.5) is 0 Å². The maximum atomic E-state index is 12.1. The summed E-state index contributed by atoms with van der Waals surface area (Å²) in [4.78, 5) is 189. The van der Waals surface area contributed by atoms with Crippen molar-refractivity contribution in [3.05, 3.63) is 297 Å². The number of halogens is 12. The summed E-state index contributed by atoms with van der Waals surface area (Å²) in [6.45, 7) is 8.26. The highest BCUT2D eigenvalue weighted by atomic mass is 35.8. The van der Waals surface area contributed by atoms with E-state index >= 15 is 0 Å². The van der Waals surface area contributed by atoms with Gasteiger partial charge in [0, 0.05) is 131 Å². The number of nitrogens with zero attached hydrogens (tertiary/aromatic N) is 26. The SMILES string of the molecule is C=C1C=C[C+](C(C)=O)N=N1.CC(=O)c1cnc(C)nc1.O=C(C1=CN=[C+]N=C1)c1ncccn1.O=C(Cl)C1=NC=C[C+]=N1.O=C(Cl)c1ncccn1.O=C(Cl)c1ncccn1.O=C(c1cncnc1)c1ncc(C(=O)c2ncccn2)cn1.O=C(c1cncnc1)c1ncccn1.[Cl][Al]([Cl])[Cl].[Cl][Al]([Cl])[Cl].[Cl][Al]([Cl])[Cl].c1cncnc1. The molecule has 0 aliphatic carbocycles. The number of carbonyl (C=O) groups excluding carboxylic acids is 9. The van der Waals surface area contributed by atoms with Gasteiger partial charge >= 0.3 is 45.2 Å². The normalized spacial score (nSPS) is 10.6. The molecule has 0 saturated carbocycles. The summed E-state index contributed by atoms with van der Waals surface area (Å²) in [7, 11) is 44.5. The Labute approximate surface area is 718 Å². The van der Waals surface area contributed by atoms with E-state index in [0.717, 1.165) is 0 Å². The monoisotopic (exact) mass is 1830 g/mol. The molecule has 0 bridgehead atoms. The summed E-state index contributed by atoms with van der Waals surface area (Å²) in [5.41, 5.74) is 2.35. The minimum atomic E-state index is -1.72. The lowest BCUT2D eigenvalue weighted by molar-refractivity contribution is -0.115. The first-order valence-electron chi connectivity index (χ1n) is 30.3. The molecule has 10 aromatic heterocycles. The number of allylic oxidation sites excluding steroid dienone is 3.